The molecule has 63 heavy (non-hydrogen) atoms. The number of methoxy groups -OCH3 is 1. The smallest absolute Gasteiger partial charge is 0.120 e. The Morgan fingerprint density at radius 3 is 1.44 bits per heavy atom. The Balaban J connectivity index is 0.00000429. The van der Waals surface area contributed by atoms with Gasteiger partial charge in [0.15, 0.2) is 0 Å². The first-order valence-corrected chi connectivity index (χ1v) is 23.8. The van der Waals surface area contributed by atoms with Gasteiger partial charge in [0.2, 0.25) is 0 Å². The topological polar surface area (TPSA) is 46.2 Å². The predicted octanol–water partition coefficient (Wildman–Crippen LogP) is 15.9. The zero-order valence-corrected chi connectivity index (χ0v) is 43.0. The van der Waals surface area contributed by atoms with Crippen molar-refractivity contribution in [1.29, 1.82) is 0 Å². The van der Waals surface area contributed by atoms with Crippen molar-refractivity contribution in [3.05, 3.63) is 119 Å². The van der Waals surface area contributed by atoms with E-state index >= 15 is 0 Å². The van der Waals surface area contributed by atoms with E-state index in [9.17, 15) is 0 Å². The minimum Gasteiger partial charge on any atom is -0.493 e. The Hall–Kier alpha value is -3.96. The Kier molecular flexibility index (Phi) is 16.4. The molecule has 0 heterocycles. The maximum Gasteiger partial charge on any atom is 0.120 e. The number of benzene rings is 4. The van der Waals surface area contributed by atoms with E-state index in [0.29, 0.717) is 19.1 Å². The molecule has 5 heteroatoms. The fourth-order valence-electron chi connectivity index (χ4n) is 8.68. The van der Waals surface area contributed by atoms with Crippen LogP contribution in [-0.2, 0) is 10.2 Å². The molecule has 0 aliphatic heterocycles. The van der Waals surface area contributed by atoms with Crippen LogP contribution in [0.4, 0.5) is 0 Å². The van der Waals surface area contributed by atoms with E-state index < -0.39 is 0 Å². The maximum absolute atomic E-state index is 6.55. The van der Waals surface area contributed by atoms with Crippen molar-refractivity contribution in [3.63, 3.8) is 0 Å². The molecule has 0 spiro atoms. The van der Waals surface area contributed by atoms with Crippen LogP contribution in [0.3, 0.4) is 0 Å². The second-order valence-electron chi connectivity index (χ2n) is 22.6. The van der Waals surface area contributed by atoms with Gasteiger partial charge in [-0.25, -0.2) is 0 Å². The minimum atomic E-state index is -0.294. The van der Waals surface area contributed by atoms with Crippen molar-refractivity contribution >= 4 is 0 Å². The number of ether oxygens (including phenoxy) is 5. The molecule has 5 rings (SSSR count). The molecule has 4 aromatic carbocycles. The molecule has 1 fully saturated rings. The van der Waals surface area contributed by atoms with Crippen LogP contribution < -0.4 is 18.9 Å². The highest BCUT2D eigenvalue weighted by molar-refractivity contribution is 5.45. The normalized spacial score (nSPS) is 19.3. The van der Waals surface area contributed by atoms with Gasteiger partial charge in [0.25, 0.3) is 0 Å². The van der Waals surface area contributed by atoms with Crippen LogP contribution in [0.2, 0.25) is 0 Å². The first-order chi connectivity index (χ1) is 29.2. The van der Waals surface area contributed by atoms with Crippen LogP contribution in [0.5, 0.6) is 23.0 Å². The summed E-state index contributed by atoms with van der Waals surface area (Å²) < 4.78 is 31.5. The van der Waals surface area contributed by atoms with E-state index in [4.69, 9.17) is 23.7 Å². The highest BCUT2D eigenvalue weighted by Crippen LogP contribution is 2.54. The highest BCUT2D eigenvalue weighted by Gasteiger charge is 2.45. The van der Waals surface area contributed by atoms with Gasteiger partial charge in [-0.1, -0.05) is 139 Å². The molecule has 1 saturated carbocycles. The van der Waals surface area contributed by atoms with Gasteiger partial charge in [-0.3, -0.25) is 0 Å². The molecule has 4 aromatic rings. The number of hydrogen-bond acceptors (Lipinski definition) is 5. The molecule has 0 N–H and O–H groups in total. The molecule has 348 valence electrons. The minimum absolute atomic E-state index is 0.0125. The second kappa shape index (κ2) is 20.1. The van der Waals surface area contributed by atoms with E-state index in [0.717, 1.165) is 35.8 Å². The van der Waals surface area contributed by atoms with Crippen molar-refractivity contribution < 1.29 is 23.7 Å². The lowest BCUT2D eigenvalue weighted by Crippen LogP contribution is -2.44. The Morgan fingerprint density at radius 1 is 0.571 bits per heavy atom. The lowest BCUT2D eigenvalue weighted by atomic mass is 9.55. The quantitative estimate of drug-likeness (QED) is 0.106. The standard InChI is InChI=1S/C56H80O5.C2H6/c1-39-34-51(7,8)36-56(35-39,45-24-32-49(33-25-45)61-54(13,14)50(4,5)6)44-22-30-47(31-23-44)58-37-52(9,10)41(3)60-48-28-20-43(21-29-48)40(2)42-18-26-46(27-19-42)59-38-53(11,12)55(15,16)57-17;1-2/h18-33,39-41H,34-38H2,1-17H3;1-2H3. The van der Waals surface area contributed by atoms with Crippen molar-refractivity contribution in [3.8, 4) is 23.0 Å². The third-order valence-corrected chi connectivity index (χ3v) is 14.9. The molecular weight excluding hydrogens is 777 g/mol. The summed E-state index contributed by atoms with van der Waals surface area (Å²) in [5.41, 5.74) is 4.36. The lowest BCUT2D eigenvalue weighted by Gasteiger charge is -2.49. The van der Waals surface area contributed by atoms with Crippen LogP contribution in [0, 0.1) is 27.6 Å². The van der Waals surface area contributed by atoms with Crippen molar-refractivity contribution in [2.24, 2.45) is 27.6 Å². The molecule has 0 bridgehead atoms. The molecular formula is C58H86O5. The van der Waals surface area contributed by atoms with Gasteiger partial charge in [0, 0.05) is 34.7 Å². The van der Waals surface area contributed by atoms with Gasteiger partial charge >= 0.3 is 0 Å². The summed E-state index contributed by atoms with van der Waals surface area (Å²) in [5.74, 6) is 4.37. The zero-order chi connectivity index (χ0) is 47.2. The summed E-state index contributed by atoms with van der Waals surface area (Å²) in [7, 11) is 1.76. The zero-order valence-electron chi connectivity index (χ0n) is 43.0. The molecule has 4 atom stereocenters. The lowest BCUT2D eigenvalue weighted by molar-refractivity contribution is -0.0875. The summed E-state index contributed by atoms with van der Waals surface area (Å²) in [6, 6.07) is 34.9. The van der Waals surface area contributed by atoms with E-state index in [-0.39, 0.29) is 50.3 Å². The number of rotatable bonds is 17. The Labute approximate surface area is 385 Å². The van der Waals surface area contributed by atoms with Gasteiger partial charge in [-0.15, -0.1) is 0 Å². The first-order valence-electron chi connectivity index (χ1n) is 23.8. The van der Waals surface area contributed by atoms with Crippen LogP contribution >= 0.6 is 0 Å². The average molecular weight is 863 g/mol. The van der Waals surface area contributed by atoms with Crippen LogP contribution in [0.15, 0.2) is 97.1 Å². The van der Waals surface area contributed by atoms with Gasteiger partial charge in [-0.05, 0) is 136 Å². The van der Waals surface area contributed by atoms with Gasteiger partial charge in [0.1, 0.15) is 34.7 Å². The summed E-state index contributed by atoms with van der Waals surface area (Å²) in [4.78, 5) is 0. The molecule has 0 radical (unpaired) electrons. The molecule has 1 aliphatic rings. The first kappa shape index (κ1) is 51.7. The third kappa shape index (κ3) is 12.6. The van der Waals surface area contributed by atoms with Crippen molar-refractivity contribution in [1.82, 2.24) is 0 Å². The molecule has 5 nitrogen and oxygen atoms in total. The number of hydrogen-bond donors (Lipinski definition) is 0. The van der Waals surface area contributed by atoms with Crippen LogP contribution in [-0.4, -0.2) is 37.6 Å². The highest BCUT2D eigenvalue weighted by atomic mass is 16.5. The largest absolute Gasteiger partial charge is 0.493 e. The van der Waals surface area contributed by atoms with Crippen molar-refractivity contribution in [2.75, 3.05) is 20.3 Å². The Morgan fingerprint density at radius 2 is 1.00 bits per heavy atom. The molecule has 1 aliphatic carbocycles. The Bertz CT molecular complexity index is 2000. The summed E-state index contributed by atoms with van der Waals surface area (Å²) >= 11 is 0. The summed E-state index contributed by atoms with van der Waals surface area (Å²) in [6.45, 7) is 40.8. The predicted molar refractivity (Wildman–Crippen MR) is 266 cm³/mol. The van der Waals surface area contributed by atoms with Gasteiger partial charge in [-0.2, -0.15) is 0 Å². The fraction of sp³-hybridized carbons (Fsp3) is 0.586. The monoisotopic (exact) mass is 863 g/mol. The summed E-state index contributed by atoms with van der Waals surface area (Å²) in [6.07, 6.45) is 3.37. The van der Waals surface area contributed by atoms with E-state index in [1.54, 1.807) is 7.11 Å². The molecule has 0 aromatic heterocycles. The molecule has 4 unspecified atom stereocenters. The second-order valence-corrected chi connectivity index (χ2v) is 22.6. The van der Waals surface area contributed by atoms with Crippen LogP contribution in [0.25, 0.3) is 0 Å². The van der Waals surface area contributed by atoms with E-state index in [2.05, 4.69) is 208 Å². The molecule has 0 saturated heterocycles. The summed E-state index contributed by atoms with van der Waals surface area (Å²) in [5, 5.41) is 0. The van der Waals surface area contributed by atoms with Gasteiger partial charge in [0.05, 0.1) is 18.8 Å². The fourth-order valence-corrected chi connectivity index (χ4v) is 8.68. The third-order valence-electron chi connectivity index (χ3n) is 14.9. The maximum atomic E-state index is 6.55. The molecule has 0 amide bonds. The van der Waals surface area contributed by atoms with Crippen LogP contribution in [0.1, 0.15) is 172 Å². The van der Waals surface area contributed by atoms with E-state index in [1.165, 1.54) is 28.7 Å². The van der Waals surface area contributed by atoms with E-state index in [1.807, 2.05) is 13.8 Å². The average Bonchev–Trinajstić information content (AvgIpc) is 3.22. The van der Waals surface area contributed by atoms with Crippen molar-refractivity contribution in [2.45, 2.75) is 173 Å². The van der Waals surface area contributed by atoms with Gasteiger partial charge < -0.3 is 23.7 Å². The SMILES string of the molecule is CC.COC(C)(C)C(C)(C)COc1ccc(C(C)c2ccc(OC(C)C(C)(C)COc3ccc(C4(c5ccc(OC(C)(C)C(C)(C)C)cc5)CC(C)CC(C)(C)C4)cc3)cc2)cc1.